The molecule has 2 atom stereocenters. The molecule has 16 heavy (non-hydrogen) atoms. The molecule has 0 heterocycles. The fourth-order valence-corrected chi connectivity index (χ4v) is 1.54. The summed E-state index contributed by atoms with van der Waals surface area (Å²) in [6.07, 6.45) is 2.60. The first-order valence-electron chi connectivity index (χ1n) is 5.99. The van der Waals surface area contributed by atoms with Gasteiger partial charge >= 0.3 is 5.97 Å². The molecule has 0 spiro atoms. The maximum absolute atomic E-state index is 11.5. The third-order valence-corrected chi connectivity index (χ3v) is 2.40. The van der Waals surface area contributed by atoms with Gasteiger partial charge in [-0.2, -0.15) is 0 Å². The van der Waals surface area contributed by atoms with Gasteiger partial charge in [-0.15, -0.1) is 0 Å². The Balaban J connectivity index is 3.75. The second kappa shape index (κ2) is 6.89. The minimum atomic E-state index is -0.375. The smallest absolute Gasteiger partial charge is 0.306 e. The summed E-state index contributed by atoms with van der Waals surface area (Å²) in [6.45, 7) is 9.86. The van der Waals surface area contributed by atoms with Gasteiger partial charge in [-0.1, -0.05) is 6.92 Å². The monoisotopic (exact) mass is 230 g/mol. The van der Waals surface area contributed by atoms with E-state index in [2.05, 4.69) is 6.92 Å². The van der Waals surface area contributed by atoms with Crippen molar-refractivity contribution in [3.8, 4) is 0 Å². The Bertz CT molecular complexity index is 206. The highest BCUT2D eigenvalue weighted by molar-refractivity contribution is 5.69. The highest BCUT2D eigenvalue weighted by Crippen LogP contribution is 2.16. The number of methoxy groups -OCH3 is 1. The Labute approximate surface area is 99.5 Å². The molecule has 0 aromatic rings. The quantitative estimate of drug-likeness (QED) is 0.657. The number of esters is 1. The van der Waals surface area contributed by atoms with Crippen LogP contribution in [0.5, 0.6) is 0 Å². The lowest BCUT2D eigenvalue weighted by molar-refractivity contribution is -0.155. The van der Waals surface area contributed by atoms with Crippen LogP contribution in [0.2, 0.25) is 0 Å². The predicted molar refractivity (Wildman–Crippen MR) is 65.3 cm³/mol. The fourth-order valence-electron chi connectivity index (χ4n) is 1.54. The molecule has 0 bridgehead atoms. The number of ether oxygens (including phenoxy) is 2. The molecule has 2 unspecified atom stereocenters. The SMILES string of the molecule is COC(C)CC(C)CCC(=O)OC(C)(C)C. The molecule has 0 amide bonds. The Hall–Kier alpha value is -0.570. The number of carbonyl (C=O) groups excluding carboxylic acids is 1. The minimum absolute atomic E-state index is 0.107. The summed E-state index contributed by atoms with van der Waals surface area (Å²) in [5.41, 5.74) is -0.375. The van der Waals surface area contributed by atoms with Crippen LogP contribution in [0.4, 0.5) is 0 Å². The molecule has 0 aromatic carbocycles. The lowest BCUT2D eigenvalue weighted by atomic mass is 9.99. The van der Waals surface area contributed by atoms with Crippen LogP contribution in [-0.4, -0.2) is 24.8 Å². The van der Waals surface area contributed by atoms with Crippen molar-refractivity contribution in [3.63, 3.8) is 0 Å². The van der Waals surface area contributed by atoms with E-state index in [1.807, 2.05) is 27.7 Å². The van der Waals surface area contributed by atoms with E-state index in [1.54, 1.807) is 7.11 Å². The molecule has 0 N–H and O–H groups in total. The molecule has 0 radical (unpaired) electrons. The van der Waals surface area contributed by atoms with E-state index in [1.165, 1.54) is 0 Å². The summed E-state index contributed by atoms with van der Waals surface area (Å²) in [6, 6.07) is 0. The third kappa shape index (κ3) is 8.72. The van der Waals surface area contributed by atoms with E-state index in [4.69, 9.17) is 9.47 Å². The van der Waals surface area contributed by atoms with Gasteiger partial charge in [0.05, 0.1) is 6.10 Å². The third-order valence-electron chi connectivity index (χ3n) is 2.40. The molecule has 0 aliphatic rings. The van der Waals surface area contributed by atoms with E-state index in [0.29, 0.717) is 12.3 Å². The van der Waals surface area contributed by atoms with Crippen molar-refractivity contribution in [1.29, 1.82) is 0 Å². The standard InChI is InChI=1S/C13H26O3/c1-10(9-11(2)15-6)7-8-12(14)16-13(3,4)5/h10-11H,7-9H2,1-6H3. The lowest BCUT2D eigenvalue weighted by Gasteiger charge is -2.20. The van der Waals surface area contributed by atoms with E-state index in [9.17, 15) is 4.79 Å². The summed E-state index contributed by atoms with van der Waals surface area (Å²) in [7, 11) is 1.71. The van der Waals surface area contributed by atoms with Crippen molar-refractivity contribution >= 4 is 5.97 Å². The molecule has 0 rings (SSSR count). The van der Waals surface area contributed by atoms with E-state index in [0.717, 1.165) is 12.8 Å². The second-order valence-electron chi connectivity index (χ2n) is 5.51. The van der Waals surface area contributed by atoms with Gasteiger partial charge in [0.25, 0.3) is 0 Å². The Morgan fingerprint density at radius 1 is 1.25 bits per heavy atom. The van der Waals surface area contributed by atoms with Gasteiger partial charge in [-0.05, 0) is 46.5 Å². The largest absolute Gasteiger partial charge is 0.460 e. The van der Waals surface area contributed by atoms with Gasteiger partial charge in [0, 0.05) is 13.5 Å². The maximum atomic E-state index is 11.5. The summed E-state index contributed by atoms with van der Waals surface area (Å²) >= 11 is 0. The number of hydrogen-bond donors (Lipinski definition) is 0. The van der Waals surface area contributed by atoms with Crippen LogP contribution >= 0.6 is 0 Å². The maximum Gasteiger partial charge on any atom is 0.306 e. The zero-order valence-electron chi connectivity index (χ0n) is 11.5. The van der Waals surface area contributed by atoms with Crippen LogP contribution in [0.15, 0.2) is 0 Å². The molecule has 0 fully saturated rings. The molecule has 3 heteroatoms. The van der Waals surface area contributed by atoms with Gasteiger partial charge < -0.3 is 9.47 Å². The zero-order chi connectivity index (χ0) is 12.8. The highest BCUT2D eigenvalue weighted by atomic mass is 16.6. The van der Waals surface area contributed by atoms with E-state index in [-0.39, 0.29) is 17.7 Å². The van der Waals surface area contributed by atoms with Crippen molar-refractivity contribution in [1.82, 2.24) is 0 Å². The molecule has 0 saturated heterocycles. The van der Waals surface area contributed by atoms with Crippen LogP contribution in [-0.2, 0) is 14.3 Å². The summed E-state index contributed by atoms with van der Waals surface area (Å²) in [5.74, 6) is 0.381. The molecule has 0 aliphatic carbocycles. The summed E-state index contributed by atoms with van der Waals surface area (Å²) < 4.78 is 10.4. The Morgan fingerprint density at radius 3 is 2.25 bits per heavy atom. The van der Waals surface area contributed by atoms with Crippen molar-refractivity contribution in [3.05, 3.63) is 0 Å². The van der Waals surface area contributed by atoms with Gasteiger partial charge in [0.1, 0.15) is 5.60 Å². The molecular formula is C13H26O3. The molecule has 0 aromatic heterocycles. The lowest BCUT2D eigenvalue weighted by Crippen LogP contribution is -2.24. The minimum Gasteiger partial charge on any atom is -0.460 e. The molecule has 0 aliphatic heterocycles. The predicted octanol–water partition coefficient (Wildman–Crippen LogP) is 3.17. The first kappa shape index (κ1) is 15.4. The van der Waals surface area contributed by atoms with Crippen molar-refractivity contribution < 1.29 is 14.3 Å². The highest BCUT2D eigenvalue weighted by Gasteiger charge is 2.17. The van der Waals surface area contributed by atoms with Crippen molar-refractivity contribution in [2.24, 2.45) is 5.92 Å². The number of carbonyl (C=O) groups is 1. The Morgan fingerprint density at radius 2 is 1.81 bits per heavy atom. The molecule has 96 valence electrons. The van der Waals surface area contributed by atoms with Gasteiger partial charge in [-0.3, -0.25) is 4.79 Å². The van der Waals surface area contributed by atoms with Crippen LogP contribution in [0.25, 0.3) is 0 Å². The number of hydrogen-bond acceptors (Lipinski definition) is 3. The topological polar surface area (TPSA) is 35.5 Å². The zero-order valence-corrected chi connectivity index (χ0v) is 11.5. The fraction of sp³-hybridized carbons (Fsp3) is 0.923. The number of rotatable bonds is 6. The van der Waals surface area contributed by atoms with Gasteiger partial charge in [0.2, 0.25) is 0 Å². The first-order chi connectivity index (χ1) is 7.24. The van der Waals surface area contributed by atoms with Crippen LogP contribution in [0, 0.1) is 5.92 Å². The first-order valence-corrected chi connectivity index (χ1v) is 5.99. The second-order valence-corrected chi connectivity index (χ2v) is 5.51. The Kier molecular flexibility index (Phi) is 6.65. The summed E-state index contributed by atoms with van der Waals surface area (Å²) in [5, 5.41) is 0. The van der Waals surface area contributed by atoms with Crippen LogP contribution < -0.4 is 0 Å². The average molecular weight is 230 g/mol. The van der Waals surface area contributed by atoms with Gasteiger partial charge in [0.15, 0.2) is 0 Å². The summed E-state index contributed by atoms with van der Waals surface area (Å²) in [4.78, 5) is 11.5. The normalized spacial score (nSPS) is 15.6. The average Bonchev–Trinajstić information content (AvgIpc) is 2.12. The van der Waals surface area contributed by atoms with E-state index < -0.39 is 0 Å². The van der Waals surface area contributed by atoms with Gasteiger partial charge in [-0.25, -0.2) is 0 Å². The van der Waals surface area contributed by atoms with Crippen molar-refractivity contribution in [2.75, 3.05) is 7.11 Å². The van der Waals surface area contributed by atoms with Crippen LogP contribution in [0.1, 0.15) is 53.9 Å². The molecular weight excluding hydrogens is 204 g/mol. The van der Waals surface area contributed by atoms with E-state index >= 15 is 0 Å². The van der Waals surface area contributed by atoms with Crippen molar-refractivity contribution in [2.45, 2.75) is 65.6 Å². The molecule has 0 saturated carbocycles. The molecule has 3 nitrogen and oxygen atoms in total. The van der Waals surface area contributed by atoms with Crippen LogP contribution in [0.3, 0.4) is 0 Å².